The highest BCUT2D eigenvalue weighted by atomic mass is 16.5. The summed E-state index contributed by atoms with van der Waals surface area (Å²) in [5, 5.41) is 3.42. The summed E-state index contributed by atoms with van der Waals surface area (Å²) in [6, 6.07) is 0. The smallest absolute Gasteiger partial charge is 0.225 e. The van der Waals surface area contributed by atoms with Crippen molar-refractivity contribution in [1.29, 1.82) is 0 Å². The number of hydrogen-bond acceptors (Lipinski definition) is 5. The summed E-state index contributed by atoms with van der Waals surface area (Å²) < 4.78 is 5.31. The summed E-state index contributed by atoms with van der Waals surface area (Å²) >= 11 is 0. The lowest BCUT2D eigenvalue weighted by molar-refractivity contribution is 0.122. The number of aromatic nitrogens is 2. The first-order valence-corrected chi connectivity index (χ1v) is 6.43. The number of hydrogen-bond donors (Lipinski definition) is 1. The van der Waals surface area contributed by atoms with Crippen LogP contribution in [0.25, 0.3) is 0 Å². The van der Waals surface area contributed by atoms with Crippen molar-refractivity contribution >= 4 is 5.95 Å². The van der Waals surface area contributed by atoms with E-state index in [0.717, 1.165) is 44.4 Å². The Kier molecular flexibility index (Phi) is 4.14. The van der Waals surface area contributed by atoms with Crippen LogP contribution in [0.4, 0.5) is 5.95 Å². The maximum Gasteiger partial charge on any atom is 0.225 e. The summed E-state index contributed by atoms with van der Waals surface area (Å²) in [5.41, 5.74) is 1.23. The van der Waals surface area contributed by atoms with Gasteiger partial charge in [-0.15, -0.1) is 0 Å². The fraction of sp³-hybridized carbons (Fsp3) is 0.692. The third kappa shape index (κ3) is 3.92. The third-order valence-electron chi connectivity index (χ3n) is 2.81. The third-order valence-corrected chi connectivity index (χ3v) is 2.81. The minimum absolute atomic E-state index is 0.114. The van der Waals surface area contributed by atoms with Gasteiger partial charge in [0.2, 0.25) is 5.95 Å². The Morgan fingerprint density at radius 2 is 1.83 bits per heavy atom. The molecule has 0 aliphatic carbocycles. The Labute approximate surface area is 109 Å². The van der Waals surface area contributed by atoms with Gasteiger partial charge in [0.25, 0.3) is 0 Å². The highest BCUT2D eigenvalue weighted by Gasteiger charge is 2.13. The highest BCUT2D eigenvalue weighted by molar-refractivity contribution is 5.30. The monoisotopic (exact) mass is 250 g/mol. The number of nitrogens with one attached hydrogen (secondary N) is 1. The van der Waals surface area contributed by atoms with Crippen LogP contribution in [-0.4, -0.2) is 41.8 Å². The van der Waals surface area contributed by atoms with Gasteiger partial charge in [-0.2, -0.15) is 0 Å². The van der Waals surface area contributed by atoms with Crippen LogP contribution in [-0.2, 0) is 11.3 Å². The largest absolute Gasteiger partial charge is 0.378 e. The quantitative estimate of drug-likeness (QED) is 0.873. The van der Waals surface area contributed by atoms with E-state index < -0.39 is 0 Å². The van der Waals surface area contributed by atoms with Gasteiger partial charge in [0.15, 0.2) is 0 Å². The van der Waals surface area contributed by atoms with Gasteiger partial charge in [0.1, 0.15) is 0 Å². The summed E-state index contributed by atoms with van der Waals surface area (Å²) in [6.45, 7) is 10.5. The van der Waals surface area contributed by atoms with Crippen molar-refractivity contribution in [1.82, 2.24) is 15.3 Å². The number of ether oxygens (including phenoxy) is 1. The van der Waals surface area contributed by atoms with Crippen molar-refractivity contribution in [3.63, 3.8) is 0 Å². The molecule has 100 valence electrons. The zero-order chi connectivity index (χ0) is 13.0. The second kappa shape index (κ2) is 5.63. The van der Waals surface area contributed by atoms with Gasteiger partial charge in [-0.3, -0.25) is 0 Å². The minimum atomic E-state index is 0.114. The SMILES string of the molecule is CC(C)(C)NCc1cnc(N2CCOCC2)nc1. The molecule has 1 saturated heterocycles. The molecule has 2 heterocycles. The predicted octanol–water partition coefficient (Wildman–Crippen LogP) is 1.20. The van der Waals surface area contributed by atoms with Gasteiger partial charge in [-0.25, -0.2) is 9.97 Å². The Balaban J connectivity index is 1.92. The van der Waals surface area contributed by atoms with Crippen LogP contribution >= 0.6 is 0 Å². The molecule has 1 aromatic heterocycles. The number of nitrogens with zero attached hydrogens (tertiary/aromatic N) is 3. The molecule has 0 aromatic carbocycles. The fourth-order valence-corrected chi connectivity index (χ4v) is 1.73. The lowest BCUT2D eigenvalue weighted by atomic mass is 10.1. The molecule has 0 amide bonds. The van der Waals surface area contributed by atoms with E-state index in [-0.39, 0.29) is 5.54 Å². The summed E-state index contributed by atoms with van der Waals surface area (Å²) in [6.07, 6.45) is 3.80. The molecule has 0 bridgehead atoms. The standard InChI is InChI=1S/C13H22N4O/c1-13(2,3)16-10-11-8-14-12(15-9-11)17-4-6-18-7-5-17/h8-9,16H,4-7,10H2,1-3H3. The minimum Gasteiger partial charge on any atom is -0.378 e. The first kappa shape index (κ1) is 13.2. The molecule has 5 nitrogen and oxygen atoms in total. The average Bonchev–Trinajstić information content (AvgIpc) is 2.37. The Bertz CT molecular complexity index is 366. The van der Waals surface area contributed by atoms with E-state index in [2.05, 4.69) is 41.0 Å². The second-order valence-electron chi connectivity index (χ2n) is 5.59. The van der Waals surface area contributed by atoms with Gasteiger partial charge in [-0.1, -0.05) is 0 Å². The predicted molar refractivity (Wildman–Crippen MR) is 71.7 cm³/mol. The van der Waals surface area contributed by atoms with Crippen LogP contribution in [0.2, 0.25) is 0 Å². The molecular weight excluding hydrogens is 228 g/mol. The summed E-state index contributed by atoms with van der Waals surface area (Å²) in [4.78, 5) is 11.0. The lowest BCUT2D eigenvalue weighted by Gasteiger charge is -2.26. The maximum absolute atomic E-state index is 5.31. The van der Waals surface area contributed by atoms with Crippen LogP contribution in [0, 0.1) is 0 Å². The van der Waals surface area contributed by atoms with Crippen LogP contribution in [0.3, 0.4) is 0 Å². The molecule has 1 aliphatic heterocycles. The van der Waals surface area contributed by atoms with Crippen LogP contribution < -0.4 is 10.2 Å². The van der Waals surface area contributed by atoms with E-state index in [0.29, 0.717) is 0 Å². The molecule has 2 rings (SSSR count). The van der Waals surface area contributed by atoms with Crippen molar-refractivity contribution in [2.24, 2.45) is 0 Å². The molecule has 1 fully saturated rings. The van der Waals surface area contributed by atoms with Gasteiger partial charge in [0, 0.05) is 43.1 Å². The van der Waals surface area contributed by atoms with Gasteiger partial charge in [-0.05, 0) is 20.8 Å². The molecule has 0 spiro atoms. The molecule has 0 radical (unpaired) electrons. The molecule has 1 N–H and O–H groups in total. The zero-order valence-corrected chi connectivity index (χ0v) is 11.4. The first-order valence-electron chi connectivity index (χ1n) is 6.43. The van der Waals surface area contributed by atoms with Crippen LogP contribution in [0.1, 0.15) is 26.3 Å². The Morgan fingerprint density at radius 3 is 2.39 bits per heavy atom. The van der Waals surface area contributed by atoms with E-state index in [9.17, 15) is 0 Å². The molecule has 0 saturated carbocycles. The lowest BCUT2D eigenvalue weighted by Crippen LogP contribution is -2.37. The molecule has 1 aliphatic rings. The highest BCUT2D eigenvalue weighted by Crippen LogP contribution is 2.10. The van der Waals surface area contributed by atoms with Crippen molar-refractivity contribution in [3.05, 3.63) is 18.0 Å². The average molecular weight is 250 g/mol. The normalized spacial score (nSPS) is 16.9. The van der Waals surface area contributed by atoms with E-state index in [1.54, 1.807) is 0 Å². The molecule has 0 atom stereocenters. The second-order valence-corrected chi connectivity index (χ2v) is 5.59. The maximum atomic E-state index is 5.31. The summed E-state index contributed by atoms with van der Waals surface area (Å²) in [5.74, 6) is 0.804. The van der Waals surface area contributed by atoms with Gasteiger partial charge in [0.05, 0.1) is 13.2 Å². The van der Waals surface area contributed by atoms with Gasteiger partial charge >= 0.3 is 0 Å². The molecule has 1 aromatic rings. The van der Waals surface area contributed by atoms with Crippen molar-refractivity contribution < 1.29 is 4.74 Å². The van der Waals surface area contributed by atoms with Crippen molar-refractivity contribution in [3.8, 4) is 0 Å². The van der Waals surface area contributed by atoms with E-state index in [1.807, 2.05) is 12.4 Å². The number of rotatable bonds is 3. The van der Waals surface area contributed by atoms with E-state index in [1.165, 1.54) is 0 Å². The van der Waals surface area contributed by atoms with E-state index >= 15 is 0 Å². The number of morpholine rings is 1. The Morgan fingerprint density at radius 1 is 1.22 bits per heavy atom. The van der Waals surface area contributed by atoms with Crippen LogP contribution in [0.15, 0.2) is 12.4 Å². The molecule has 18 heavy (non-hydrogen) atoms. The summed E-state index contributed by atoms with van der Waals surface area (Å²) in [7, 11) is 0. The van der Waals surface area contributed by atoms with Gasteiger partial charge < -0.3 is 15.0 Å². The zero-order valence-electron chi connectivity index (χ0n) is 11.4. The fourth-order valence-electron chi connectivity index (χ4n) is 1.73. The van der Waals surface area contributed by atoms with Crippen LogP contribution in [0.5, 0.6) is 0 Å². The molecule has 5 heteroatoms. The molecule has 0 unspecified atom stereocenters. The Hall–Kier alpha value is -1.20. The van der Waals surface area contributed by atoms with Crippen molar-refractivity contribution in [2.45, 2.75) is 32.9 Å². The van der Waals surface area contributed by atoms with Crippen molar-refractivity contribution in [2.75, 3.05) is 31.2 Å². The number of anilines is 1. The topological polar surface area (TPSA) is 50.3 Å². The van der Waals surface area contributed by atoms with E-state index in [4.69, 9.17) is 4.74 Å². The molecular formula is C13H22N4O. The first-order chi connectivity index (χ1) is 8.54.